The van der Waals surface area contributed by atoms with Crippen molar-refractivity contribution >= 4 is 87.2 Å². The Hall–Kier alpha value is -16.0. The SMILES string of the molecule is Cc1cccc(-c2ccc3c4ccccc4n(-c4cncc(-n5c6ccccc6c6ccc(-c7cccc(Cc8ccc(C)c(-c9ccc%10c(c9)c9cc(-c%11ccccc%11C)ccc9n%10-c9cncc(-n%10c%11ccc(-c%12ccccc%12C)cc%11c%11cc(-c%12ccccc%12C)ccc%11%10)c9-c9ccc(C#N)cc9)c8)c7)cc65)c4-c4ccc(C#N)cc4)c3c2)c1. The second-order valence-electron chi connectivity index (χ2n) is 32.6. The van der Waals surface area contributed by atoms with E-state index in [1.807, 2.05) is 49.1 Å². The molecule has 0 saturated carbocycles. The van der Waals surface area contributed by atoms with Crippen molar-refractivity contribution in [3.8, 4) is 124 Å². The van der Waals surface area contributed by atoms with Gasteiger partial charge >= 0.3 is 0 Å². The molecule has 0 bridgehead atoms. The van der Waals surface area contributed by atoms with E-state index >= 15 is 0 Å². The number of nitriles is 2. The molecule has 0 aliphatic rings. The number of pyridine rings is 2. The molecule has 0 radical (unpaired) electrons. The van der Waals surface area contributed by atoms with Gasteiger partial charge in [-0.3, -0.25) is 9.97 Å². The van der Waals surface area contributed by atoms with Gasteiger partial charge in [0.1, 0.15) is 0 Å². The third-order valence-corrected chi connectivity index (χ3v) is 25.3. The van der Waals surface area contributed by atoms with E-state index in [0.717, 1.165) is 177 Å². The van der Waals surface area contributed by atoms with Gasteiger partial charge in [-0.2, -0.15) is 10.5 Å². The average Bonchev–Trinajstić information content (AvgIpc) is 1.56. The number of nitrogens with zero attached hydrogens (tertiary/aromatic N) is 8. The molecule has 6 aromatic heterocycles. The highest BCUT2D eigenvalue weighted by molar-refractivity contribution is 6.16. The Labute approximate surface area is 706 Å². The summed E-state index contributed by atoms with van der Waals surface area (Å²) in [6, 6.07) is 130. The van der Waals surface area contributed by atoms with Crippen molar-refractivity contribution in [3.63, 3.8) is 0 Å². The van der Waals surface area contributed by atoms with Crippen molar-refractivity contribution in [2.24, 2.45) is 0 Å². The zero-order chi connectivity index (χ0) is 82.0. The van der Waals surface area contributed by atoms with E-state index in [0.29, 0.717) is 17.5 Å². The molecule has 0 spiro atoms. The predicted octanol–water partition coefficient (Wildman–Crippen LogP) is 29.1. The molecule has 22 rings (SSSR count). The summed E-state index contributed by atoms with van der Waals surface area (Å²) < 4.78 is 9.63. The van der Waals surface area contributed by atoms with Crippen LogP contribution in [0.1, 0.15) is 50.1 Å². The molecular weight excluding hydrogens is 1480 g/mol. The van der Waals surface area contributed by atoms with Gasteiger partial charge in [0, 0.05) is 54.2 Å². The van der Waals surface area contributed by atoms with Gasteiger partial charge in [-0.05, 0) is 249 Å². The summed E-state index contributed by atoms with van der Waals surface area (Å²) in [5, 5.41) is 29.6. The van der Waals surface area contributed by atoms with Crippen molar-refractivity contribution < 1.29 is 0 Å². The monoisotopic (exact) mass is 1560 g/mol. The lowest BCUT2D eigenvalue weighted by atomic mass is 9.93. The number of aryl methyl sites for hydroxylation is 5. The van der Waals surface area contributed by atoms with Gasteiger partial charge in [0.05, 0.1) is 115 Å². The Kier molecular flexibility index (Phi) is 17.4. The standard InChI is InChI=1S/C114H78N8/c1-70-18-16-23-81(54-70)83-42-48-94-92-28-12-14-30-101(92)121(107(94)62-83)111-68-118-69-112(114(111)80-40-36-76(65-116)37-41-80)122-102-31-15-13-29-93(102)95-49-43-84(63-108(95)122)82-24-17-22-77(56-82)55-78-33-32-74(5)96(57-78)88-47-53-106-100(61-88)99-60-87(91-27-11-8-21-73(91)4)46-52-105(99)120(106)110-67-117-66-109(113(110)79-38-34-75(64-115)35-39-79)119-103-50-44-85(89-25-9-6-19-71(89)2)58-97(103)98-59-86(45-51-104(98)119)90-26-10-7-20-72(90)3/h6-54,56-63,66-69H,55H2,1-5H3. The lowest BCUT2D eigenvalue weighted by Gasteiger charge is -2.20. The van der Waals surface area contributed by atoms with Crippen LogP contribution in [0.3, 0.4) is 0 Å². The van der Waals surface area contributed by atoms with Gasteiger partial charge < -0.3 is 18.3 Å². The Morgan fingerprint density at radius 3 is 0.975 bits per heavy atom. The second kappa shape index (κ2) is 29.3. The fourth-order valence-corrected chi connectivity index (χ4v) is 19.3. The van der Waals surface area contributed by atoms with Gasteiger partial charge in [-0.15, -0.1) is 0 Å². The van der Waals surface area contributed by atoms with Crippen LogP contribution in [-0.4, -0.2) is 28.2 Å². The first-order chi connectivity index (χ1) is 59.9. The van der Waals surface area contributed by atoms with E-state index in [-0.39, 0.29) is 0 Å². The molecule has 22 aromatic rings. The number of rotatable bonds is 14. The zero-order valence-corrected chi connectivity index (χ0v) is 68.0. The number of benzene rings is 16. The molecule has 16 aromatic carbocycles. The van der Waals surface area contributed by atoms with Crippen molar-refractivity contribution in [3.05, 3.63) is 421 Å². The molecule has 0 aliphatic heterocycles. The molecule has 0 amide bonds. The Balaban J connectivity index is 0.667. The lowest BCUT2D eigenvalue weighted by Crippen LogP contribution is -2.05. The molecule has 6 heterocycles. The van der Waals surface area contributed by atoms with Crippen LogP contribution in [0.25, 0.3) is 199 Å². The molecule has 574 valence electrons. The topological polar surface area (TPSA) is 93.1 Å². The van der Waals surface area contributed by atoms with Gasteiger partial charge in [0.2, 0.25) is 0 Å². The molecule has 122 heavy (non-hydrogen) atoms. The maximum atomic E-state index is 10.3. The van der Waals surface area contributed by atoms with Gasteiger partial charge in [0.25, 0.3) is 0 Å². The summed E-state index contributed by atoms with van der Waals surface area (Å²) in [6.45, 7) is 10.9. The summed E-state index contributed by atoms with van der Waals surface area (Å²) >= 11 is 0. The molecule has 0 saturated heterocycles. The Bertz CT molecular complexity index is 8080. The maximum Gasteiger partial charge on any atom is 0.0991 e. The minimum Gasteiger partial charge on any atom is -0.307 e. The van der Waals surface area contributed by atoms with E-state index in [2.05, 4.69) is 387 Å². The van der Waals surface area contributed by atoms with Crippen LogP contribution >= 0.6 is 0 Å². The smallest absolute Gasteiger partial charge is 0.0991 e. The van der Waals surface area contributed by atoms with E-state index in [9.17, 15) is 10.5 Å². The van der Waals surface area contributed by atoms with Gasteiger partial charge in [0.15, 0.2) is 0 Å². The molecule has 0 fully saturated rings. The molecular formula is C114H78N8. The third-order valence-electron chi connectivity index (χ3n) is 25.3. The van der Waals surface area contributed by atoms with Crippen molar-refractivity contribution in [1.29, 1.82) is 10.5 Å². The van der Waals surface area contributed by atoms with E-state index in [1.54, 1.807) is 0 Å². The zero-order valence-electron chi connectivity index (χ0n) is 68.0. The van der Waals surface area contributed by atoms with Crippen LogP contribution in [0, 0.1) is 57.3 Å². The summed E-state index contributed by atoms with van der Waals surface area (Å²) in [5.74, 6) is 0. The van der Waals surface area contributed by atoms with Crippen LogP contribution in [0.2, 0.25) is 0 Å². The van der Waals surface area contributed by atoms with E-state index in [4.69, 9.17) is 9.97 Å². The average molecular weight is 1560 g/mol. The summed E-state index contributed by atoms with van der Waals surface area (Å²) in [5.41, 5.74) is 39.5. The van der Waals surface area contributed by atoms with E-state index in [1.165, 1.54) is 61.2 Å². The highest BCUT2D eigenvalue weighted by atomic mass is 15.1. The Morgan fingerprint density at radius 2 is 0.557 bits per heavy atom. The van der Waals surface area contributed by atoms with Crippen molar-refractivity contribution in [1.82, 2.24) is 28.2 Å². The molecule has 0 atom stereocenters. The van der Waals surface area contributed by atoms with Crippen molar-refractivity contribution in [2.75, 3.05) is 0 Å². The summed E-state index contributed by atoms with van der Waals surface area (Å²) in [6.07, 6.45) is 8.79. The summed E-state index contributed by atoms with van der Waals surface area (Å²) in [7, 11) is 0. The highest BCUT2D eigenvalue weighted by Gasteiger charge is 2.28. The van der Waals surface area contributed by atoms with Crippen LogP contribution in [-0.2, 0) is 6.42 Å². The first-order valence-corrected chi connectivity index (χ1v) is 41.6. The molecule has 0 unspecified atom stereocenters. The highest BCUT2D eigenvalue weighted by Crippen LogP contribution is 2.48. The fraction of sp³-hybridized carbons (Fsp3) is 0.0526. The summed E-state index contributed by atoms with van der Waals surface area (Å²) in [4.78, 5) is 10.5. The number of aromatic nitrogens is 6. The number of hydrogen-bond donors (Lipinski definition) is 0. The van der Waals surface area contributed by atoms with Crippen molar-refractivity contribution in [2.45, 2.75) is 41.0 Å². The number of para-hydroxylation sites is 2. The number of fused-ring (bicyclic) bond motifs is 12. The first-order valence-electron chi connectivity index (χ1n) is 41.6. The fourth-order valence-electron chi connectivity index (χ4n) is 19.3. The Morgan fingerprint density at radius 1 is 0.230 bits per heavy atom. The molecule has 0 N–H and O–H groups in total. The van der Waals surface area contributed by atoms with Crippen LogP contribution in [0.4, 0.5) is 0 Å². The molecule has 8 nitrogen and oxygen atoms in total. The lowest BCUT2D eigenvalue weighted by molar-refractivity contribution is 1.09. The molecule has 8 heteroatoms. The minimum atomic E-state index is 0.588. The predicted molar refractivity (Wildman–Crippen MR) is 505 cm³/mol. The third kappa shape index (κ3) is 12.1. The van der Waals surface area contributed by atoms with E-state index < -0.39 is 0 Å². The van der Waals surface area contributed by atoms with Gasteiger partial charge in [-0.25, -0.2) is 0 Å². The molecule has 0 aliphatic carbocycles. The number of hydrogen-bond acceptors (Lipinski definition) is 4. The quantitative estimate of drug-likeness (QED) is 0.108. The van der Waals surface area contributed by atoms with Crippen LogP contribution in [0.5, 0.6) is 0 Å². The largest absolute Gasteiger partial charge is 0.307 e. The second-order valence-corrected chi connectivity index (χ2v) is 32.6. The first kappa shape index (κ1) is 72.5. The van der Waals surface area contributed by atoms with Crippen LogP contribution in [0.15, 0.2) is 371 Å². The maximum absolute atomic E-state index is 10.3. The van der Waals surface area contributed by atoms with Crippen LogP contribution < -0.4 is 0 Å². The normalized spacial score (nSPS) is 11.7. The minimum absolute atomic E-state index is 0.588. The van der Waals surface area contributed by atoms with Gasteiger partial charge in [-0.1, -0.05) is 254 Å².